The molecule has 0 N–H and O–H groups in total. The lowest BCUT2D eigenvalue weighted by atomic mass is 9.98. The number of rotatable bonds is 2. The number of nitrogens with zero attached hydrogens (tertiary/aromatic N) is 1. The van der Waals surface area contributed by atoms with E-state index in [-0.39, 0.29) is 27.9 Å². The van der Waals surface area contributed by atoms with Crippen molar-refractivity contribution in [3.05, 3.63) is 111 Å². The molecule has 1 atom stereocenters. The van der Waals surface area contributed by atoms with Crippen molar-refractivity contribution in [3.8, 4) is 0 Å². The molecule has 0 saturated heterocycles. The van der Waals surface area contributed by atoms with Crippen molar-refractivity contribution in [2.24, 2.45) is 0 Å². The van der Waals surface area contributed by atoms with E-state index in [0.717, 1.165) is 0 Å². The van der Waals surface area contributed by atoms with Gasteiger partial charge >= 0.3 is 0 Å². The minimum Gasteiger partial charge on any atom is -0.450 e. The minimum atomic E-state index is -0.944. The molecule has 1 amide bonds. The average Bonchev–Trinajstić information content (AvgIpc) is 3.02. The Morgan fingerprint density at radius 3 is 2.41 bits per heavy atom. The number of carbonyl (C=O) groups is 1. The van der Waals surface area contributed by atoms with E-state index in [4.69, 9.17) is 16.0 Å². The van der Waals surface area contributed by atoms with E-state index in [1.165, 1.54) is 17.0 Å². The first-order valence-corrected chi connectivity index (χ1v) is 9.33. The van der Waals surface area contributed by atoms with E-state index < -0.39 is 23.2 Å². The van der Waals surface area contributed by atoms with Gasteiger partial charge in [0.2, 0.25) is 5.76 Å². The van der Waals surface area contributed by atoms with E-state index in [1.54, 1.807) is 54.6 Å². The van der Waals surface area contributed by atoms with Gasteiger partial charge in [0.25, 0.3) is 5.91 Å². The monoisotopic (exact) mass is 405 g/mol. The second-order valence-corrected chi connectivity index (χ2v) is 7.19. The van der Waals surface area contributed by atoms with E-state index in [2.05, 4.69) is 0 Å². The zero-order chi connectivity index (χ0) is 20.1. The molecule has 6 heteroatoms. The Morgan fingerprint density at radius 2 is 1.66 bits per heavy atom. The Labute approximate surface area is 169 Å². The van der Waals surface area contributed by atoms with Gasteiger partial charge in [-0.15, -0.1) is 0 Å². The molecule has 1 aliphatic rings. The molecule has 0 radical (unpaired) electrons. The number of carbonyl (C=O) groups excluding carboxylic acids is 1. The molecule has 4 nitrogen and oxygen atoms in total. The molecule has 0 spiro atoms. The highest BCUT2D eigenvalue weighted by atomic mass is 35.5. The van der Waals surface area contributed by atoms with Gasteiger partial charge in [0.1, 0.15) is 11.4 Å². The summed E-state index contributed by atoms with van der Waals surface area (Å²) in [5, 5.41) is 0.622. The zero-order valence-corrected chi connectivity index (χ0v) is 15.7. The lowest BCUT2D eigenvalue weighted by Crippen LogP contribution is -2.30. The fourth-order valence-electron chi connectivity index (χ4n) is 3.79. The molecular weight excluding hydrogens is 393 g/mol. The van der Waals surface area contributed by atoms with Crippen LogP contribution >= 0.6 is 11.6 Å². The zero-order valence-electron chi connectivity index (χ0n) is 14.9. The number of hydrogen-bond acceptors (Lipinski definition) is 3. The number of fused-ring (bicyclic) bond motifs is 2. The molecule has 1 aliphatic heterocycles. The molecule has 0 unspecified atom stereocenters. The Morgan fingerprint density at radius 1 is 0.931 bits per heavy atom. The normalized spacial score (nSPS) is 15.7. The maximum Gasteiger partial charge on any atom is 0.295 e. The van der Waals surface area contributed by atoms with Crippen LogP contribution in [0, 0.1) is 5.82 Å². The third kappa shape index (κ3) is 2.66. The van der Waals surface area contributed by atoms with E-state index >= 15 is 0 Å². The van der Waals surface area contributed by atoms with Crippen LogP contribution < -0.4 is 10.3 Å². The highest BCUT2D eigenvalue weighted by Crippen LogP contribution is 2.41. The van der Waals surface area contributed by atoms with Crippen LogP contribution in [0.15, 0.2) is 82.0 Å². The van der Waals surface area contributed by atoms with Gasteiger partial charge in [0, 0.05) is 16.3 Å². The lowest BCUT2D eigenvalue weighted by Gasteiger charge is -2.25. The first kappa shape index (κ1) is 17.6. The quantitative estimate of drug-likeness (QED) is 0.452. The van der Waals surface area contributed by atoms with Crippen molar-refractivity contribution < 1.29 is 13.6 Å². The number of para-hydroxylation sites is 1. The Kier molecular flexibility index (Phi) is 4.00. The molecule has 4 aromatic rings. The maximum atomic E-state index is 14.8. The van der Waals surface area contributed by atoms with Crippen LogP contribution in [0.1, 0.15) is 27.7 Å². The van der Waals surface area contributed by atoms with E-state index in [0.29, 0.717) is 10.7 Å². The standard InChI is InChI=1S/C23H13ClFNO3/c24-13-10-11-18-16(12-13)21(27)19-20(15-8-4-5-9-17(15)25)26(23(28)22(19)29-18)14-6-2-1-3-7-14/h1-12,20H/t20-/m0/s1. The van der Waals surface area contributed by atoms with Crippen molar-refractivity contribution in [2.75, 3.05) is 4.90 Å². The number of halogens is 2. The molecule has 2 heterocycles. The predicted octanol–water partition coefficient (Wildman–Crippen LogP) is 5.34. The molecule has 1 aromatic heterocycles. The summed E-state index contributed by atoms with van der Waals surface area (Å²) in [6, 6.07) is 18.6. The maximum absolute atomic E-state index is 14.8. The van der Waals surface area contributed by atoms with Crippen molar-refractivity contribution in [3.63, 3.8) is 0 Å². The molecule has 142 valence electrons. The second kappa shape index (κ2) is 6.57. The third-order valence-corrected chi connectivity index (χ3v) is 5.30. The van der Waals surface area contributed by atoms with E-state index in [9.17, 15) is 14.0 Å². The lowest BCUT2D eigenvalue weighted by molar-refractivity contribution is 0.0971. The highest BCUT2D eigenvalue weighted by molar-refractivity contribution is 6.31. The summed E-state index contributed by atoms with van der Waals surface area (Å²) in [5.41, 5.74) is 0.729. The largest absolute Gasteiger partial charge is 0.450 e. The van der Waals surface area contributed by atoms with Crippen LogP contribution in [-0.2, 0) is 0 Å². The molecule has 3 aromatic carbocycles. The summed E-state index contributed by atoms with van der Waals surface area (Å²) in [4.78, 5) is 28.1. The van der Waals surface area contributed by atoms with Gasteiger partial charge in [-0.2, -0.15) is 0 Å². The van der Waals surface area contributed by atoms with Crippen LogP contribution in [0.4, 0.5) is 10.1 Å². The molecule has 0 saturated carbocycles. The first-order valence-electron chi connectivity index (χ1n) is 8.95. The molecule has 0 fully saturated rings. The summed E-state index contributed by atoms with van der Waals surface area (Å²) in [6.07, 6.45) is 0. The number of benzene rings is 3. The Bertz CT molecular complexity index is 1330. The second-order valence-electron chi connectivity index (χ2n) is 6.75. The fraction of sp³-hybridized carbons (Fsp3) is 0.0435. The van der Waals surface area contributed by atoms with E-state index in [1.807, 2.05) is 6.07 Å². The Hall–Kier alpha value is -3.44. The molecule has 0 bridgehead atoms. The van der Waals surface area contributed by atoms with Gasteiger partial charge in [0.15, 0.2) is 5.43 Å². The van der Waals surface area contributed by atoms with Gasteiger partial charge in [-0.05, 0) is 36.4 Å². The predicted molar refractivity (Wildman–Crippen MR) is 109 cm³/mol. The minimum absolute atomic E-state index is 0.0815. The summed E-state index contributed by atoms with van der Waals surface area (Å²) in [5.74, 6) is -1.08. The van der Waals surface area contributed by atoms with Crippen LogP contribution in [0.25, 0.3) is 11.0 Å². The van der Waals surface area contributed by atoms with Crippen LogP contribution in [0.3, 0.4) is 0 Å². The molecule has 29 heavy (non-hydrogen) atoms. The summed E-state index contributed by atoms with van der Waals surface area (Å²) >= 11 is 6.06. The number of hydrogen-bond donors (Lipinski definition) is 0. The molecule has 0 aliphatic carbocycles. The fourth-order valence-corrected chi connectivity index (χ4v) is 3.96. The van der Waals surface area contributed by atoms with Crippen molar-refractivity contribution in [2.45, 2.75) is 6.04 Å². The Balaban J connectivity index is 1.86. The van der Waals surface area contributed by atoms with Crippen LogP contribution in [0.5, 0.6) is 0 Å². The number of anilines is 1. The third-order valence-electron chi connectivity index (χ3n) is 5.07. The highest BCUT2D eigenvalue weighted by Gasteiger charge is 2.44. The summed E-state index contributed by atoms with van der Waals surface area (Å²) in [6.45, 7) is 0. The van der Waals surface area contributed by atoms with Crippen LogP contribution in [0.2, 0.25) is 5.02 Å². The van der Waals surface area contributed by atoms with Crippen molar-refractivity contribution in [1.29, 1.82) is 0 Å². The topological polar surface area (TPSA) is 50.5 Å². The smallest absolute Gasteiger partial charge is 0.295 e. The summed E-state index contributed by atoms with van der Waals surface area (Å²) in [7, 11) is 0. The molecule has 5 rings (SSSR count). The van der Waals surface area contributed by atoms with Crippen molar-refractivity contribution in [1.82, 2.24) is 0 Å². The SMILES string of the molecule is O=C1c2oc3ccc(Cl)cc3c(=O)c2[C@H](c2ccccc2F)N1c1ccccc1. The first-order chi connectivity index (χ1) is 14.1. The van der Waals surface area contributed by atoms with Gasteiger partial charge in [-0.25, -0.2) is 4.39 Å². The van der Waals surface area contributed by atoms with Gasteiger partial charge in [-0.1, -0.05) is 48.0 Å². The van der Waals surface area contributed by atoms with Gasteiger partial charge < -0.3 is 4.42 Å². The number of amides is 1. The molecular formula is C23H13ClFNO3. The van der Waals surface area contributed by atoms with Crippen molar-refractivity contribution >= 4 is 34.2 Å². The average molecular weight is 406 g/mol. The van der Waals surface area contributed by atoms with Gasteiger partial charge in [0.05, 0.1) is 17.0 Å². The van der Waals surface area contributed by atoms with Crippen LogP contribution in [-0.4, -0.2) is 5.91 Å². The van der Waals surface area contributed by atoms with Gasteiger partial charge in [-0.3, -0.25) is 14.5 Å². The summed E-state index contributed by atoms with van der Waals surface area (Å²) < 4.78 is 20.6.